The van der Waals surface area contributed by atoms with Gasteiger partial charge in [0.05, 0.1) is 14.2 Å². The molecule has 5 nitrogen and oxygen atoms in total. The van der Waals surface area contributed by atoms with Crippen molar-refractivity contribution in [2.24, 2.45) is 5.92 Å². The van der Waals surface area contributed by atoms with Gasteiger partial charge in [0.15, 0.2) is 23.1 Å². The van der Waals surface area contributed by atoms with Crippen LogP contribution in [0.5, 0.6) is 17.2 Å². The fraction of sp³-hybridized carbons (Fsp3) is 0.316. The number of phenols is 1. The minimum absolute atomic E-state index is 0.103. The van der Waals surface area contributed by atoms with Crippen molar-refractivity contribution in [3.05, 3.63) is 53.1 Å². The molecule has 0 aromatic heterocycles. The summed E-state index contributed by atoms with van der Waals surface area (Å²) in [5.74, 6) is -1.94. The summed E-state index contributed by atoms with van der Waals surface area (Å²) in [5, 5.41) is 12.7. The van der Waals surface area contributed by atoms with Crippen molar-refractivity contribution in [2.45, 2.75) is 18.9 Å². The summed E-state index contributed by atoms with van der Waals surface area (Å²) in [6.45, 7) is 0.229. The molecule has 0 aliphatic heterocycles. The number of carbonyl (C=O) groups excluding carboxylic acids is 1. The number of methoxy groups -OCH3 is 2. The van der Waals surface area contributed by atoms with Crippen LogP contribution in [0.1, 0.15) is 23.5 Å². The highest BCUT2D eigenvalue weighted by atomic mass is 19.2. The Morgan fingerprint density at radius 1 is 1.15 bits per heavy atom. The number of halogens is 2. The van der Waals surface area contributed by atoms with Crippen LogP contribution in [0.25, 0.3) is 0 Å². The molecule has 1 aliphatic carbocycles. The average molecular weight is 363 g/mol. The molecule has 2 aromatic rings. The van der Waals surface area contributed by atoms with Crippen LogP contribution in [0.4, 0.5) is 8.78 Å². The van der Waals surface area contributed by atoms with E-state index in [2.05, 4.69) is 5.32 Å². The maximum atomic E-state index is 13.3. The van der Waals surface area contributed by atoms with Gasteiger partial charge in [-0.15, -0.1) is 0 Å². The van der Waals surface area contributed by atoms with Crippen LogP contribution in [0.2, 0.25) is 0 Å². The number of amides is 1. The molecule has 1 amide bonds. The molecular formula is C19H19F2NO4. The first kappa shape index (κ1) is 18.0. The van der Waals surface area contributed by atoms with Crippen molar-refractivity contribution in [2.75, 3.05) is 14.2 Å². The minimum atomic E-state index is -0.906. The normalized spacial score (nSPS) is 18.3. The van der Waals surface area contributed by atoms with Gasteiger partial charge in [-0.25, -0.2) is 8.78 Å². The summed E-state index contributed by atoms with van der Waals surface area (Å²) in [6.07, 6.45) is 0.596. The molecule has 0 saturated heterocycles. The standard InChI is InChI=1S/C19H19F2NO4/c1-25-16-5-10(6-17(26-2)18(16)23)9-22-19(24)13-8-12(13)11-3-4-14(20)15(21)7-11/h3-7,12-13,23H,8-9H2,1-2H3,(H,22,24)/t12-,13+/m0/s1. The highest BCUT2D eigenvalue weighted by Crippen LogP contribution is 2.47. The number of aromatic hydroxyl groups is 1. The van der Waals surface area contributed by atoms with Crippen LogP contribution < -0.4 is 14.8 Å². The second-order valence-corrected chi connectivity index (χ2v) is 6.19. The van der Waals surface area contributed by atoms with E-state index in [-0.39, 0.29) is 41.5 Å². The van der Waals surface area contributed by atoms with Gasteiger partial charge in [0, 0.05) is 12.5 Å². The van der Waals surface area contributed by atoms with Gasteiger partial charge in [0.1, 0.15) is 0 Å². The topological polar surface area (TPSA) is 67.8 Å². The highest BCUT2D eigenvalue weighted by molar-refractivity contribution is 5.82. The molecule has 0 radical (unpaired) electrons. The lowest BCUT2D eigenvalue weighted by Gasteiger charge is -2.12. The Kier molecular flexibility index (Phi) is 4.97. The zero-order chi connectivity index (χ0) is 18.8. The van der Waals surface area contributed by atoms with E-state index in [1.807, 2.05) is 0 Å². The van der Waals surface area contributed by atoms with E-state index in [0.717, 1.165) is 12.1 Å². The van der Waals surface area contributed by atoms with Gasteiger partial charge in [0.2, 0.25) is 11.7 Å². The predicted molar refractivity (Wildman–Crippen MR) is 90.3 cm³/mol. The number of hydrogen-bond donors (Lipinski definition) is 2. The molecule has 2 atom stereocenters. The number of hydrogen-bond acceptors (Lipinski definition) is 4. The summed E-state index contributed by atoms with van der Waals surface area (Å²) in [6, 6.07) is 6.94. The first-order valence-corrected chi connectivity index (χ1v) is 8.11. The van der Waals surface area contributed by atoms with Crippen molar-refractivity contribution < 1.29 is 28.2 Å². The molecule has 0 heterocycles. The number of rotatable bonds is 6. The van der Waals surface area contributed by atoms with Crippen molar-refractivity contribution in [1.82, 2.24) is 5.32 Å². The summed E-state index contributed by atoms with van der Waals surface area (Å²) in [5.41, 5.74) is 1.33. The zero-order valence-corrected chi connectivity index (χ0v) is 14.4. The maximum absolute atomic E-state index is 13.3. The van der Waals surface area contributed by atoms with Crippen LogP contribution in [0, 0.1) is 17.6 Å². The highest BCUT2D eigenvalue weighted by Gasteiger charge is 2.44. The molecular weight excluding hydrogens is 344 g/mol. The van der Waals surface area contributed by atoms with Crippen LogP contribution in [-0.2, 0) is 11.3 Å². The van der Waals surface area contributed by atoms with Gasteiger partial charge in [-0.3, -0.25) is 4.79 Å². The number of ether oxygens (including phenoxy) is 2. The molecule has 0 spiro atoms. The Bertz CT molecular complexity index is 815. The first-order chi connectivity index (χ1) is 12.4. The van der Waals surface area contributed by atoms with E-state index in [4.69, 9.17) is 9.47 Å². The van der Waals surface area contributed by atoms with Gasteiger partial charge in [0.25, 0.3) is 0 Å². The number of benzene rings is 2. The van der Waals surface area contributed by atoms with E-state index < -0.39 is 11.6 Å². The monoisotopic (exact) mass is 363 g/mol. The lowest BCUT2D eigenvalue weighted by Crippen LogP contribution is -2.24. The SMILES string of the molecule is COc1cc(CNC(=O)[C@@H]2C[C@H]2c2ccc(F)c(F)c2)cc(OC)c1O. The Hall–Kier alpha value is -2.83. The lowest BCUT2D eigenvalue weighted by atomic mass is 10.1. The first-order valence-electron chi connectivity index (χ1n) is 8.11. The summed E-state index contributed by atoms with van der Waals surface area (Å²) >= 11 is 0. The van der Waals surface area contributed by atoms with Crippen molar-refractivity contribution in [3.63, 3.8) is 0 Å². The maximum Gasteiger partial charge on any atom is 0.224 e. The molecule has 3 rings (SSSR count). The summed E-state index contributed by atoms with van der Waals surface area (Å²) in [4.78, 5) is 12.3. The van der Waals surface area contributed by atoms with Gasteiger partial charge >= 0.3 is 0 Å². The van der Waals surface area contributed by atoms with Crippen molar-refractivity contribution in [3.8, 4) is 17.2 Å². The fourth-order valence-electron chi connectivity index (χ4n) is 2.97. The quantitative estimate of drug-likeness (QED) is 0.828. The molecule has 1 fully saturated rings. The summed E-state index contributed by atoms with van der Waals surface area (Å²) in [7, 11) is 2.85. The van der Waals surface area contributed by atoms with Gasteiger partial charge in [-0.1, -0.05) is 6.07 Å². The molecule has 2 N–H and O–H groups in total. The van der Waals surface area contributed by atoms with E-state index >= 15 is 0 Å². The van der Waals surface area contributed by atoms with E-state index in [0.29, 0.717) is 17.5 Å². The fourth-order valence-corrected chi connectivity index (χ4v) is 2.97. The molecule has 7 heteroatoms. The van der Waals surface area contributed by atoms with E-state index in [1.54, 1.807) is 12.1 Å². The number of carbonyl (C=O) groups is 1. The summed E-state index contributed by atoms with van der Waals surface area (Å²) < 4.78 is 36.5. The Balaban J connectivity index is 1.62. The van der Waals surface area contributed by atoms with Crippen LogP contribution in [0.3, 0.4) is 0 Å². The van der Waals surface area contributed by atoms with Crippen LogP contribution >= 0.6 is 0 Å². The third-order valence-corrected chi connectivity index (χ3v) is 4.51. The number of nitrogens with one attached hydrogen (secondary N) is 1. The third kappa shape index (κ3) is 3.56. The Morgan fingerprint density at radius 2 is 1.81 bits per heavy atom. The van der Waals surface area contributed by atoms with Gasteiger partial charge in [-0.2, -0.15) is 0 Å². The molecule has 0 unspecified atom stereocenters. The number of phenolic OH excluding ortho intramolecular Hbond substituents is 1. The van der Waals surface area contributed by atoms with E-state index in [1.165, 1.54) is 20.3 Å². The van der Waals surface area contributed by atoms with Crippen LogP contribution in [-0.4, -0.2) is 25.2 Å². The van der Waals surface area contributed by atoms with Gasteiger partial charge in [-0.05, 0) is 47.7 Å². The minimum Gasteiger partial charge on any atom is -0.502 e. The van der Waals surface area contributed by atoms with Crippen molar-refractivity contribution in [1.29, 1.82) is 0 Å². The smallest absolute Gasteiger partial charge is 0.224 e. The lowest BCUT2D eigenvalue weighted by molar-refractivity contribution is -0.122. The molecule has 1 saturated carbocycles. The molecule has 138 valence electrons. The average Bonchev–Trinajstić information content (AvgIpc) is 3.43. The largest absolute Gasteiger partial charge is 0.502 e. The second-order valence-electron chi connectivity index (χ2n) is 6.19. The molecule has 2 aromatic carbocycles. The third-order valence-electron chi connectivity index (χ3n) is 4.51. The van der Waals surface area contributed by atoms with Crippen molar-refractivity contribution >= 4 is 5.91 Å². The Morgan fingerprint density at radius 3 is 2.38 bits per heavy atom. The Labute approximate surface area is 149 Å². The predicted octanol–water partition coefficient (Wildman–Crippen LogP) is 3.11. The zero-order valence-electron chi connectivity index (χ0n) is 14.4. The molecule has 26 heavy (non-hydrogen) atoms. The van der Waals surface area contributed by atoms with Gasteiger partial charge < -0.3 is 19.9 Å². The molecule has 0 bridgehead atoms. The van der Waals surface area contributed by atoms with Crippen LogP contribution in [0.15, 0.2) is 30.3 Å². The second kappa shape index (κ2) is 7.19. The van der Waals surface area contributed by atoms with E-state index in [9.17, 15) is 18.7 Å². The molecule has 1 aliphatic rings.